The molecule has 1 heterocycles. The van der Waals surface area contributed by atoms with Crippen molar-refractivity contribution in [3.05, 3.63) is 69.2 Å². The number of halogens is 1. The predicted molar refractivity (Wildman–Crippen MR) is 102 cm³/mol. The number of aryl methyl sites for hydroxylation is 2. The van der Waals surface area contributed by atoms with Crippen molar-refractivity contribution in [1.29, 1.82) is 0 Å². The van der Waals surface area contributed by atoms with Crippen molar-refractivity contribution in [2.75, 3.05) is 0 Å². The smallest absolute Gasteiger partial charge is 0.408 e. The number of amides is 2. The number of nitrogens with one attached hydrogen (secondary N) is 2. The zero-order valence-electron chi connectivity index (χ0n) is 14.6. The summed E-state index contributed by atoms with van der Waals surface area (Å²) in [5.41, 5.74) is 7.18. The summed E-state index contributed by atoms with van der Waals surface area (Å²) in [5.74, 6) is -1.41. The van der Waals surface area contributed by atoms with Gasteiger partial charge in [-0.15, -0.1) is 0 Å². The first-order chi connectivity index (χ1) is 13.0. The van der Waals surface area contributed by atoms with Crippen molar-refractivity contribution < 1.29 is 14.0 Å². The Kier molecular flexibility index (Phi) is 5.61. The highest BCUT2D eigenvalue weighted by Gasteiger charge is 2.12. The number of rotatable bonds is 5. The van der Waals surface area contributed by atoms with Crippen molar-refractivity contribution in [2.24, 2.45) is 0 Å². The van der Waals surface area contributed by atoms with E-state index in [0.717, 1.165) is 12.0 Å². The predicted octanol–water partition coefficient (Wildman–Crippen LogP) is 2.66. The first kappa shape index (κ1) is 18.7. The molecule has 0 unspecified atom stereocenters. The quantitative estimate of drug-likeness (QED) is 0.658. The molecule has 0 fully saturated rings. The lowest BCUT2D eigenvalue weighted by atomic mass is 10.1. The van der Waals surface area contributed by atoms with Crippen molar-refractivity contribution in [3.8, 4) is 0 Å². The van der Waals surface area contributed by atoms with E-state index in [1.54, 1.807) is 30.3 Å². The van der Waals surface area contributed by atoms with Gasteiger partial charge in [-0.1, -0.05) is 30.7 Å². The Morgan fingerprint density at radius 3 is 2.56 bits per heavy atom. The van der Waals surface area contributed by atoms with Gasteiger partial charge < -0.3 is 4.42 Å². The monoisotopic (exact) mass is 387 g/mol. The third-order valence-corrected chi connectivity index (χ3v) is 4.37. The number of carbonyl (C=O) groups excluding carboxylic acids is 2. The van der Waals surface area contributed by atoms with Gasteiger partial charge in [-0.05, 0) is 36.2 Å². The van der Waals surface area contributed by atoms with Gasteiger partial charge in [0.1, 0.15) is 0 Å². The third kappa shape index (κ3) is 4.38. The van der Waals surface area contributed by atoms with Crippen LogP contribution in [0.4, 0.5) is 0 Å². The van der Waals surface area contributed by atoms with Crippen molar-refractivity contribution in [1.82, 2.24) is 15.4 Å². The van der Waals surface area contributed by atoms with Gasteiger partial charge in [0.25, 0.3) is 5.91 Å². The number of hydrazine groups is 1. The zero-order chi connectivity index (χ0) is 19.4. The average molecular weight is 388 g/mol. The second-order valence-corrected chi connectivity index (χ2v) is 6.37. The summed E-state index contributed by atoms with van der Waals surface area (Å²) in [6, 6.07) is 11.9. The molecule has 8 heteroatoms. The molecular weight excluding hydrogens is 370 g/mol. The van der Waals surface area contributed by atoms with Gasteiger partial charge in [0.2, 0.25) is 5.91 Å². The van der Waals surface area contributed by atoms with Gasteiger partial charge in [0.15, 0.2) is 5.58 Å². The van der Waals surface area contributed by atoms with E-state index < -0.39 is 17.6 Å². The van der Waals surface area contributed by atoms with E-state index in [-0.39, 0.29) is 13.0 Å². The lowest BCUT2D eigenvalue weighted by molar-refractivity contribution is -0.122. The Morgan fingerprint density at radius 2 is 1.85 bits per heavy atom. The summed E-state index contributed by atoms with van der Waals surface area (Å²) in [6.07, 6.45) is 0.874. The molecular formula is C19H18ClN3O4. The van der Waals surface area contributed by atoms with Crippen LogP contribution in [0.25, 0.3) is 11.1 Å². The van der Waals surface area contributed by atoms with Crippen LogP contribution in [0.1, 0.15) is 29.3 Å². The molecule has 2 amide bonds. The van der Waals surface area contributed by atoms with E-state index in [1.165, 1.54) is 4.57 Å². The molecule has 1 aromatic heterocycles. The molecule has 3 aromatic rings. The van der Waals surface area contributed by atoms with Crippen molar-refractivity contribution >= 4 is 34.5 Å². The van der Waals surface area contributed by atoms with Crippen LogP contribution in [0.3, 0.4) is 0 Å². The van der Waals surface area contributed by atoms with Gasteiger partial charge in [-0.3, -0.25) is 25.0 Å². The largest absolute Gasteiger partial charge is 0.419 e. The van der Waals surface area contributed by atoms with Gasteiger partial charge >= 0.3 is 5.76 Å². The molecule has 0 atom stereocenters. The first-order valence-corrected chi connectivity index (χ1v) is 8.82. The zero-order valence-corrected chi connectivity index (χ0v) is 15.4. The lowest BCUT2D eigenvalue weighted by Gasteiger charge is -2.08. The van der Waals surface area contributed by atoms with Crippen LogP contribution >= 0.6 is 11.6 Å². The molecule has 0 aliphatic rings. The van der Waals surface area contributed by atoms with Crippen LogP contribution in [-0.2, 0) is 17.8 Å². The van der Waals surface area contributed by atoms with E-state index in [1.807, 2.05) is 19.1 Å². The molecule has 0 saturated heterocycles. The van der Waals surface area contributed by atoms with E-state index in [4.69, 9.17) is 16.0 Å². The maximum absolute atomic E-state index is 12.0. The lowest BCUT2D eigenvalue weighted by Crippen LogP contribution is -2.42. The highest BCUT2D eigenvalue weighted by Crippen LogP contribution is 2.18. The van der Waals surface area contributed by atoms with Crippen LogP contribution in [0.15, 0.2) is 51.7 Å². The maximum Gasteiger partial charge on any atom is 0.419 e. The molecule has 0 radical (unpaired) electrons. The summed E-state index contributed by atoms with van der Waals surface area (Å²) in [4.78, 5) is 35.9. The Hall–Kier alpha value is -3.06. The Morgan fingerprint density at radius 1 is 1.11 bits per heavy atom. The number of aromatic nitrogens is 1. The summed E-state index contributed by atoms with van der Waals surface area (Å²) in [5, 5.41) is 0.454. The summed E-state index contributed by atoms with van der Waals surface area (Å²) >= 11 is 5.87. The molecule has 0 aliphatic carbocycles. The minimum atomic E-state index is -0.569. The van der Waals surface area contributed by atoms with Crippen LogP contribution in [0.5, 0.6) is 0 Å². The molecule has 3 rings (SSSR count). The fraction of sp³-hybridized carbons (Fsp3) is 0.211. The summed E-state index contributed by atoms with van der Waals surface area (Å²) in [6.45, 7) is 2.14. The van der Waals surface area contributed by atoms with E-state index in [2.05, 4.69) is 10.9 Å². The molecule has 2 N–H and O–H groups in total. The van der Waals surface area contributed by atoms with E-state index in [9.17, 15) is 14.4 Å². The minimum Gasteiger partial charge on any atom is -0.408 e. The maximum atomic E-state index is 12.0. The second kappa shape index (κ2) is 8.09. The third-order valence-electron chi connectivity index (χ3n) is 4.13. The van der Waals surface area contributed by atoms with E-state index in [0.29, 0.717) is 21.7 Å². The average Bonchev–Trinajstić information content (AvgIpc) is 2.98. The normalized spacial score (nSPS) is 10.7. The van der Waals surface area contributed by atoms with Crippen molar-refractivity contribution in [2.45, 2.75) is 26.3 Å². The van der Waals surface area contributed by atoms with Gasteiger partial charge in [0, 0.05) is 29.6 Å². The fourth-order valence-corrected chi connectivity index (χ4v) is 2.78. The Bertz CT molecular complexity index is 1040. The molecule has 2 aromatic carbocycles. The van der Waals surface area contributed by atoms with E-state index >= 15 is 0 Å². The number of oxazole rings is 1. The highest BCUT2D eigenvalue weighted by molar-refractivity contribution is 6.31. The van der Waals surface area contributed by atoms with Crippen molar-refractivity contribution in [3.63, 3.8) is 0 Å². The van der Waals surface area contributed by atoms with Crippen LogP contribution < -0.4 is 16.6 Å². The number of benzene rings is 2. The van der Waals surface area contributed by atoms with Gasteiger partial charge in [0.05, 0.1) is 5.52 Å². The number of hydrogen-bond donors (Lipinski definition) is 2. The summed E-state index contributed by atoms with van der Waals surface area (Å²) < 4.78 is 6.45. The topological polar surface area (TPSA) is 93.3 Å². The number of carbonyl (C=O) groups is 2. The van der Waals surface area contributed by atoms with Gasteiger partial charge in [-0.2, -0.15) is 0 Å². The molecule has 27 heavy (non-hydrogen) atoms. The van der Waals surface area contributed by atoms with Crippen LogP contribution in [0, 0.1) is 0 Å². The SMILES string of the molecule is CCc1ccc(C(=O)NNC(=O)CCn2c(=O)oc3cc(Cl)ccc32)cc1. The standard InChI is InChI=1S/C19H18ClN3O4/c1-2-12-3-5-13(6-4-12)18(25)22-21-17(24)9-10-23-15-8-7-14(20)11-16(15)27-19(23)26/h3-8,11H,2,9-10H2,1H3,(H,21,24)(H,22,25). The number of nitrogens with zero attached hydrogens (tertiary/aromatic N) is 1. The Balaban J connectivity index is 1.56. The van der Waals surface area contributed by atoms with Gasteiger partial charge in [-0.25, -0.2) is 4.79 Å². The first-order valence-electron chi connectivity index (χ1n) is 8.45. The second-order valence-electron chi connectivity index (χ2n) is 5.93. The molecule has 0 aliphatic heterocycles. The molecule has 0 spiro atoms. The molecule has 0 bridgehead atoms. The number of hydrogen-bond acceptors (Lipinski definition) is 4. The van der Waals surface area contributed by atoms with Crippen LogP contribution in [-0.4, -0.2) is 16.4 Å². The highest BCUT2D eigenvalue weighted by atomic mass is 35.5. The molecule has 0 saturated carbocycles. The van der Waals surface area contributed by atoms with Crippen LogP contribution in [0.2, 0.25) is 5.02 Å². The molecule has 140 valence electrons. The fourth-order valence-electron chi connectivity index (χ4n) is 2.62. The Labute approximate surface area is 159 Å². The number of fused-ring (bicyclic) bond motifs is 1. The minimum absolute atomic E-state index is 0.00772. The molecule has 7 nitrogen and oxygen atoms in total. The summed E-state index contributed by atoms with van der Waals surface area (Å²) in [7, 11) is 0.